The number of para-hydroxylation sites is 3. The molecule has 2 heterocycles. The van der Waals surface area contributed by atoms with E-state index in [1.165, 1.54) is 93.8 Å². The lowest BCUT2D eigenvalue weighted by Crippen LogP contribution is -1.98. The van der Waals surface area contributed by atoms with Crippen molar-refractivity contribution in [1.29, 1.82) is 0 Å². The summed E-state index contributed by atoms with van der Waals surface area (Å²) in [6.07, 6.45) is 0. The maximum absolute atomic E-state index is 2.49. The molecule has 0 N–H and O–H groups in total. The second-order valence-corrected chi connectivity index (χ2v) is 14.5. The molecule has 0 bridgehead atoms. The van der Waals surface area contributed by atoms with Crippen molar-refractivity contribution in [3.05, 3.63) is 218 Å². The van der Waals surface area contributed by atoms with Gasteiger partial charge in [-0.1, -0.05) is 170 Å². The molecule has 11 rings (SSSR count). The fourth-order valence-electron chi connectivity index (χ4n) is 8.77. The lowest BCUT2D eigenvalue weighted by Gasteiger charge is -2.16. The Morgan fingerprint density at radius 2 is 0.732 bits per heavy atom. The minimum absolute atomic E-state index is 1.16. The van der Waals surface area contributed by atoms with E-state index in [-0.39, 0.29) is 0 Å². The summed E-state index contributed by atoms with van der Waals surface area (Å²) >= 11 is 0. The molecule has 2 nitrogen and oxygen atoms in total. The second-order valence-electron chi connectivity index (χ2n) is 14.5. The van der Waals surface area contributed by atoms with Crippen LogP contribution in [-0.4, -0.2) is 9.13 Å². The molecule has 2 heteroatoms. The first-order valence-electron chi connectivity index (χ1n) is 19.3. The number of nitrogens with zero attached hydrogens (tertiary/aromatic N) is 2. The van der Waals surface area contributed by atoms with Gasteiger partial charge >= 0.3 is 0 Å². The molecule has 0 amide bonds. The van der Waals surface area contributed by atoms with Crippen molar-refractivity contribution in [1.82, 2.24) is 9.13 Å². The molecule has 0 atom stereocenters. The molecule has 0 spiro atoms. The summed E-state index contributed by atoms with van der Waals surface area (Å²) in [5.74, 6) is 0. The zero-order chi connectivity index (χ0) is 37.0. The van der Waals surface area contributed by atoms with Crippen molar-refractivity contribution in [3.63, 3.8) is 0 Å². The molecule has 262 valence electrons. The summed E-state index contributed by atoms with van der Waals surface area (Å²) in [5, 5.41) is 4.96. The minimum Gasteiger partial charge on any atom is -0.309 e. The monoisotopic (exact) mass is 712 g/mol. The first-order chi connectivity index (χ1) is 27.8. The molecule has 56 heavy (non-hydrogen) atoms. The van der Waals surface area contributed by atoms with Crippen LogP contribution < -0.4 is 0 Å². The zero-order valence-electron chi connectivity index (χ0n) is 30.7. The summed E-state index contributed by atoms with van der Waals surface area (Å²) in [4.78, 5) is 0. The highest BCUT2D eigenvalue weighted by Gasteiger charge is 2.20. The summed E-state index contributed by atoms with van der Waals surface area (Å²) in [5.41, 5.74) is 16.8. The van der Waals surface area contributed by atoms with Crippen LogP contribution in [0.1, 0.15) is 0 Å². The Morgan fingerprint density at radius 3 is 1.46 bits per heavy atom. The predicted octanol–water partition coefficient (Wildman–Crippen LogP) is 14.5. The van der Waals surface area contributed by atoms with Crippen molar-refractivity contribution >= 4 is 43.6 Å². The summed E-state index contributed by atoms with van der Waals surface area (Å²) < 4.78 is 4.90. The lowest BCUT2D eigenvalue weighted by molar-refractivity contribution is 1.18. The first-order valence-corrected chi connectivity index (χ1v) is 19.3. The molecule has 0 saturated heterocycles. The Labute approximate surface area is 325 Å². The third-order valence-corrected chi connectivity index (χ3v) is 11.3. The van der Waals surface area contributed by atoms with E-state index in [0.717, 1.165) is 5.69 Å². The van der Waals surface area contributed by atoms with Crippen LogP contribution in [0.2, 0.25) is 0 Å². The van der Waals surface area contributed by atoms with Gasteiger partial charge in [0.25, 0.3) is 0 Å². The van der Waals surface area contributed by atoms with Gasteiger partial charge in [-0.2, -0.15) is 0 Å². The molecule has 2 aromatic heterocycles. The average Bonchev–Trinajstić information content (AvgIpc) is 3.79. The van der Waals surface area contributed by atoms with Crippen molar-refractivity contribution in [3.8, 4) is 55.9 Å². The van der Waals surface area contributed by atoms with Crippen molar-refractivity contribution in [2.45, 2.75) is 0 Å². The fourth-order valence-corrected chi connectivity index (χ4v) is 8.77. The van der Waals surface area contributed by atoms with E-state index in [9.17, 15) is 0 Å². The molecular weight excluding hydrogens is 677 g/mol. The van der Waals surface area contributed by atoms with E-state index < -0.39 is 0 Å². The largest absolute Gasteiger partial charge is 0.309 e. The van der Waals surface area contributed by atoms with E-state index in [1.54, 1.807) is 0 Å². The van der Waals surface area contributed by atoms with Crippen LogP contribution in [0.3, 0.4) is 0 Å². The van der Waals surface area contributed by atoms with Crippen LogP contribution in [0.5, 0.6) is 0 Å². The van der Waals surface area contributed by atoms with Gasteiger partial charge in [-0.25, -0.2) is 0 Å². The minimum atomic E-state index is 1.16. The highest BCUT2D eigenvalue weighted by Crippen LogP contribution is 2.43. The van der Waals surface area contributed by atoms with Crippen molar-refractivity contribution < 1.29 is 0 Å². The molecule has 0 radical (unpaired) electrons. The normalized spacial score (nSPS) is 11.6. The van der Waals surface area contributed by atoms with Gasteiger partial charge in [0.05, 0.1) is 27.8 Å². The molecular formula is C54H36N2. The Hall–Kier alpha value is -7.42. The quantitative estimate of drug-likeness (QED) is 0.162. The first kappa shape index (κ1) is 32.0. The van der Waals surface area contributed by atoms with E-state index >= 15 is 0 Å². The summed E-state index contributed by atoms with van der Waals surface area (Å²) in [6.45, 7) is 0. The van der Waals surface area contributed by atoms with Gasteiger partial charge in [-0.3, -0.25) is 0 Å². The van der Waals surface area contributed by atoms with Crippen LogP contribution in [0.4, 0.5) is 0 Å². The van der Waals surface area contributed by atoms with Gasteiger partial charge in [0.1, 0.15) is 0 Å². The van der Waals surface area contributed by atoms with Crippen LogP contribution in [0.15, 0.2) is 218 Å². The van der Waals surface area contributed by atoms with Crippen LogP contribution in [0, 0.1) is 0 Å². The fraction of sp³-hybridized carbons (Fsp3) is 0. The number of benzene rings is 9. The van der Waals surface area contributed by atoms with E-state index in [1.807, 2.05) is 0 Å². The van der Waals surface area contributed by atoms with Gasteiger partial charge in [0.2, 0.25) is 0 Å². The Balaban J connectivity index is 1.12. The van der Waals surface area contributed by atoms with Crippen molar-refractivity contribution in [2.24, 2.45) is 0 Å². The molecule has 0 aliphatic rings. The maximum Gasteiger partial charge on any atom is 0.0619 e. The highest BCUT2D eigenvalue weighted by atomic mass is 15.0. The van der Waals surface area contributed by atoms with Gasteiger partial charge in [0.15, 0.2) is 0 Å². The number of hydrogen-bond acceptors (Lipinski definition) is 0. The average molecular weight is 713 g/mol. The number of rotatable bonds is 6. The smallest absolute Gasteiger partial charge is 0.0619 e. The van der Waals surface area contributed by atoms with Crippen LogP contribution >= 0.6 is 0 Å². The number of hydrogen-bond donors (Lipinski definition) is 0. The van der Waals surface area contributed by atoms with E-state index in [0.29, 0.717) is 0 Å². The molecule has 0 fully saturated rings. The molecule has 9 aromatic carbocycles. The SMILES string of the molecule is c1ccc(-c2cccc(-n3c4ccccc4c4cc(-c5ccc6c(c5)c5cccc(-c7ccccc7)c5n6-c5ccccc5-c5ccccc5)ccc43)c2)cc1. The van der Waals surface area contributed by atoms with Crippen LogP contribution in [0.25, 0.3) is 99.5 Å². The second kappa shape index (κ2) is 13.2. The highest BCUT2D eigenvalue weighted by molar-refractivity contribution is 6.16. The maximum atomic E-state index is 2.49. The van der Waals surface area contributed by atoms with Gasteiger partial charge in [-0.05, 0) is 81.9 Å². The third-order valence-electron chi connectivity index (χ3n) is 11.3. The third kappa shape index (κ3) is 5.19. The van der Waals surface area contributed by atoms with Crippen LogP contribution in [-0.2, 0) is 0 Å². The summed E-state index contributed by atoms with van der Waals surface area (Å²) in [6, 6.07) is 79.4. The lowest BCUT2D eigenvalue weighted by atomic mass is 9.99. The van der Waals surface area contributed by atoms with E-state index in [4.69, 9.17) is 0 Å². The Bertz CT molecular complexity index is 3220. The predicted molar refractivity (Wildman–Crippen MR) is 237 cm³/mol. The molecule has 0 aliphatic carbocycles. The summed E-state index contributed by atoms with van der Waals surface area (Å²) in [7, 11) is 0. The molecule has 0 aliphatic heterocycles. The Kier molecular flexibility index (Phi) is 7.53. The topological polar surface area (TPSA) is 9.86 Å². The van der Waals surface area contributed by atoms with E-state index in [2.05, 4.69) is 228 Å². The van der Waals surface area contributed by atoms with Crippen molar-refractivity contribution in [2.75, 3.05) is 0 Å². The number of fused-ring (bicyclic) bond motifs is 6. The van der Waals surface area contributed by atoms with Gasteiger partial charge in [-0.15, -0.1) is 0 Å². The Morgan fingerprint density at radius 1 is 0.250 bits per heavy atom. The zero-order valence-corrected chi connectivity index (χ0v) is 30.7. The molecule has 0 saturated carbocycles. The molecule has 11 aromatic rings. The van der Waals surface area contributed by atoms with Gasteiger partial charge in [0, 0.05) is 38.4 Å². The van der Waals surface area contributed by atoms with Gasteiger partial charge < -0.3 is 9.13 Å². The molecule has 0 unspecified atom stereocenters. The standard InChI is InChI=1S/C54H36N2/c1-4-16-37(17-5-1)40-22-14-23-43(34-40)55-51-29-13-11-25-46(51)48-35-41(30-32-52(48)55)42-31-33-53-49(36-42)47-27-15-26-45(39-20-8-3-9-21-39)54(47)56(53)50-28-12-10-24-44(50)38-18-6-2-7-19-38/h1-36H. The number of aromatic nitrogens is 2.